The Kier molecular flexibility index (Phi) is 3.77. The molecule has 1 N–H and O–H groups in total. The highest BCUT2D eigenvalue weighted by atomic mass is 16.6. The SMILES string of the molecule is O=[N+]([O-])c1ccc(N=NCc2ccccc2[O-])[nH+]c1. The molecule has 0 spiro atoms. The first kappa shape index (κ1) is 12.6. The summed E-state index contributed by atoms with van der Waals surface area (Å²) < 4.78 is 0. The Bertz CT molecular complexity index is 611. The predicted molar refractivity (Wildman–Crippen MR) is 63.8 cm³/mol. The van der Waals surface area contributed by atoms with Crippen molar-refractivity contribution in [3.05, 3.63) is 58.3 Å². The molecular weight excluding hydrogens is 248 g/mol. The highest BCUT2D eigenvalue weighted by Gasteiger charge is 2.09. The van der Waals surface area contributed by atoms with Crippen LogP contribution in [0.15, 0.2) is 52.8 Å². The summed E-state index contributed by atoms with van der Waals surface area (Å²) in [5.41, 5.74) is 0.497. The van der Waals surface area contributed by atoms with Gasteiger partial charge in [0, 0.05) is 12.1 Å². The van der Waals surface area contributed by atoms with Gasteiger partial charge >= 0.3 is 11.5 Å². The predicted octanol–water partition coefficient (Wildman–Crippen LogP) is 1.77. The summed E-state index contributed by atoms with van der Waals surface area (Å²) in [6, 6.07) is 9.33. The zero-order valence-electron chi connectivity index (χ0n) is 9.81. The van der Waals surface area contributed by atoms with Crippen LogP contribution in [0, 0.1) is 10.1 Å². The number of pyridine rings is 1. The second-order valence-electron chi connectivity index (χ2n) is 3.70. The maximum Gasteiger partial charge on any atom is 0.348 e. The van der Waals surface area contributed by atoms with E-state index in [1.807, 2.05) is 0 Å². The van der Waals surface area contributed by atoms with Crippen molar-refractivity contribution in [1.29, 1.82) is 0 Å². The molecule has 1 aromatic carbocycles. The fourth-order valence-electron chi connectivity index (χ4n) is 1.41. The number of nitrogens with one attached hydrogen (secondary N) is 1. The van der Waals surface area contributed by atoms with Crippen LogP contribution in [0.4, 0.5) is 11.5 Å². The first-order chi connectivity index (χ1) is 9.16. The lowest BCUT2D eigenvalue weighted by molar-refractivity contribution is -0.414. The van der Waals surface area contributed by atoms with Crippen LogP contribution in [0.3, 0.4) is 0 Å². The molecule has 0 aliphatic heterocycles. The van der Waals surface area contributed by atoms with Crippen molar-refractivity contribution >= 4 is 11.5 Å². The number of benzene rings is 1. The Morgan fingerprint density at radius 1 is 1.21 bits per heavy atom. The molecule has 0 fully saturated rings. The van der Waals surface area contributed by atoms with E-state index in [1.54, 1.807) is 18.2 Å². The van der Waals surface area contributed by atoms with Crippen molar-refractivity contribution in [2.45, 2.75) is 6.54 Å². The number of nitro groups is 1. The Hall–Kier alpha value is -2.83. The molecule has 0 unspecified atom stereocenters. The van der Waals surface area contributed by atoms with Crippen molar-refractivity contribution in [3.8, 4) is 5.75 Å². The molecule has 0 radical (unpaired) electrons. The van der Waals surface area contributed by atoms with Gasteiger partial charge in [0.15, 0.2) is 6.20 Å². The lowest BCUT2D eigenvalue weighted by Crippen LogP contribution is -2.03. The van der Waals surface area contributed by atoms with Gasteiger partial charge in [0.05, 0.1) is 10.0 Å². The lowest BCUT2D eigenvalue weighted by atomic mass is 10.2. The quantitative estimate of drug-likeness (QED) is 0.474. The maximum absolute atomic E-state index is 11.4. The second-order valence-corrected chi connectivity index (χ2v) is 3.70. The van der Waals surface area contributed by atoms with E-state index in [4.69, 9.17) is 0 Å². The van der Waals surface area contributed by atoms with E-state index in [0.29, 0.717) is 11.4 Å². The van der Waals surface area contributed by atoms with Crippen molar-refractivity contribution in [2.24, 2.45) is 10.2 Å². The normalized spacial score (nSPS) is 10.7. The number of nitrogens with zero attached hydrogens (tertiary/aromatic N) is 3. The van der Waals surface area contributed by atoms with Crippen LogP contribution in [0.2, 0.25) is 0 Å². The van der Waals surface area contributed by atoms with E-state index >= 15 is 0 Å². The Balaban J connectivity index is 2.03. The number of aromatic nitrogens is 1. The van der Waals surface area contributed by atoms with Crippen LogP contribution >= 0.6 is 0 Å². The Labute approximate surface area is 108 Å². The van der Waals surface area contributed by atoms with Gasteiger partial charge in [-0.3, -0.25) is 10.1 Å². The largest absolute Gasteiger partial charge is 0.872 e. The fraction of sp³-hybridized carbons (Fsp3) is 0.0833. The topological polar surface area (TPSA) is 105 Å². The lowest BCUT2D eigenvalue weighted by Gasteiger charge is -2.08. The van der Waals surface area contributed by atoms with Crippen LogP contribution < -0.4 is 10.1 Å². The molecule has 0 bridgehead atoms. The third-order valence-corrected chi connectivity index (χ3v) is 2.38. The highest BCUT2D eigenvalue weighted by Crippen LogP contribution is 2.15. The number of hydrogen-bond acceptors (Lipinski definition) is 5. The maximum atomic E-state index is 11.4. The molecule has 1 aromatic heterocycles. The van der Waals surface area contributed by atoms with Gasteiger partial charge in [0.2, 0.25) is 0 Å². The third-order valence-electron chi connectivity index (χ3n) is 2.38. The van der Waals surface area contributed by atoms with E-state index in [9.17, 15) is 15.2 Å². The molecule has 96 valence electrons. The van der Waals surface area contributed by atoms with E-state index in [-0.39, 0.29) is 18.0 Å². The summed E-state index contributed by atoms with van der Waals surface area (Å²) in [4.78, 5) is 12.6. The van der Waals surface area contributed by atoms with Gasteiger partial charge in [-0.25, -0.2) is 4.98 Å². The first-order valence-corrected chi connectivity index (χ1v) is 5.45. The molecule has 0 amide bonds. The van der Waals surface area contributed by atoms with Crippen LogP contribution in [0.1, 0.15) is 5.56 Å². The summed E-state index contributed by atoms with van der Waals surface area (Å²) in [6.45, 7) is 0.171. The second kappa shape index (κ2) is 5.67. The molecule has 19 heavy (non-hydrogen) atoms. The summed E-state index contributed by atoms with van der Waals surface area (Å²) in [5, 5.41) is 29.6. The van der Waals surface area contributed by atoms with E-state index in [2.05, 4.69) is 15.2 Å². The third kappa shape index (κ3) is 3.32. The monoisotopic (exact) mass is 258 g/mol. The summed E-state index contributed by atoms with van der Waals surface area (Å²) in [6.07, 6.45) is 1.23. The number of aromatic amines is 1. The molecule has 2 rings (SSSR count). The summed E-state index contributed by atoms with van der Waals surface area (Å²) in [5.74, 6) is 0.295. The average Bonchev–Trinajstić information content (AvgIpc) is 2.41. The minimum absolute atomic E-state index is 0.0520. The van der Waals surface area contributed by atoms with Crippen LogP contribution in [0.5, 0.6) is 5.75 Å². The number of azo groups is 1. The summed E-state index contributed by atoms with van der Waals surface area (Å²) >= 11 is 0. The van der Waals surface area contributed by atoms with E-state index in [0.717, 1.165) is 0 Å². The summed E-state index contributed by atoms with van der Waals surface area (Å²) in [7, 11) is 0. The van der Waals surface area contributed by atoms with Crippen LogP contribution in [0.25, 0.3) is 0 Å². The molecule has 0 saturated carbocycles. The number of H-pyrrole nitrogens is 1. The van der Waals surface area contributed by atoms with Gasteiger partial charge in [-0.15, -0.1) is 5.75 Å². The molecule has 7 heteroatoms. The van der Waals surface area contributed by atoms with E-state index in [1.165, 1.54) is 24.4 Å². The smallest absolute Gasteiger partial charge is 0.348 e. The zero-order valence-corrected chi connectivity index (χ0v) is 9.81. The van der Waals surface area contributed by atoms with Crippen molar-refractivity contribution in [2.75, 3.05) is 0 Å². The van der Waals surface area contributed by atoms with Crippen molar-refractivity contribution < 1.29 is 15.0 Å². The van der Waals surface area contributed by atoms with Crippen molar-refractivity contribution in [3.63, 3.8) is 0 Å². The minimum Gasteiger partial charge on any atom is -0.872 e. The van der Waals surface area contributed by atoms with Gasteiger partial charge in [0.1, 0.15) is 6.54 Å². The van der Waals surface area contributed by atoms with Gasteiger partial charge in [-0.2, -0.15) is 0 Å². The fourth-order valence-corrected chi connectivity index (χ4v) is 1.41. The standard InChI is InChI=1S/C12H10N4O3/c17-11-4-2-1-3-9(11)7-14-15-12-6-5-10(8-13-12)16(18)19/h1-6,8,17H,7H2. The van der Waals surface area contributed by atoms with Gasteiger partial charge in [-0.1, -0.05) is 29.4 Å². The van der Waals surface area contributed by atoms with Gasteiger partial charge < -0.3 is 5.11 Å². The minimum atomic E-state index is -0.509. The van der Waals surface area contributed by atoms with Gasteiger partial charge in [0.25, 0.3) is 0 Å². The van der Waals surface area contributed by atoms with Crippen LogP contribution in [-0.4, -0.2) is 4.92 Å². The molecule has 0 aliphatic carbocycles. The first-order valence-electron chi connectivity index (χ1n) is 5.45. The highest BCUT2D eigenvalue weighted by molar-refractivity contribution is 5.31. The van der Waals surface area contributed by atoms with E-state index < -0.39 is 4.92 Å². The average molecular weight is 258 g/mol. The molecule has 2 aromatic rings. The molecular formula is C12H10N4O3. The Morgan fingerprint density at radius 3 is 2.63 bits per heavy atom. The van der Waals surface area contributed by atoms with Crippen LogP contribution in [-0.2, 0) is 6.54 Å². The van der Waals surface area contributed by atoms with Gasteiger partial charge in [-0.05, 0) is 5.56 Å². The van der Waals surface area contributed by atoms with Crippen molar-refractivity contribution in [1.82, 2.24) is 0 Å². The number of rotatable bonds is 4. The Morgan fingerprint density at radius 2 is 2.00 bits per heavy atom. The molecule has 0 aliphatic rings. The molecule has 0 atom stereocenters. The molecule has 0 saturated heterocycles. The molecule has 1 heterocycles. The zero-order chi connectivity index (χ0) is 13.7. The number of hydrogen-bond donors (Lipinski definition) is 0. The number of para-hydroxylation sites is 1. The molecule has 7 nitrogen and oxygen atoms in total.